The number of aromatic nitrogens is 1. The third kappa shape index (κ3) is 3.18. The molecule has 1 aliphatic heterocycles. The second kappa shape index (κ2) is 6.52. The summed E-state index contributed by atoms with van der Waals surface area (Å²) in [6.45, 7) is 2.51. The van der Waals surface area contributed by atoms with Crippen LogP contribution in [-0.2, 0) is 9.53 Å². The fourth-order valence-electron chi connectivity index (χ4n) is 2.33. The maximum Gasteiger partial charge on any atom is 0.341 e. The van der Waals surface area contributed by atoms with Gasteiger partial charge < -0.3 is 19.6 Å². The van der Waals surface area contributed by atoms with Crippen molar-refractivity contribution in [2.24, 2.45) is 5.92 Å². The molecule has 0 spiro atoms. The lowest BCUT2D eigenvalue weighted by atomic mass is 9.99. The molecule has 1 saturated heterocycles. The van der Waals surface area contributed by atoms with E-state index >= 15 is 0 Å². The average molecular weight is 318 g/mol. The van der Waals surface area contributed by atoms with Crippen LogP contribution in [0.5, 0.6) is 0 Å². The highest BCUT2D eigenvalue weighted by atomic mass is 16.5. The molecule has 0 radical (unpaired) electrons. The van der Waals surface area contributed by atoms with Crippen molar-refractivity contribution >= 4 is 23.6 Å². The van der Waals surface area contributed by atoms with Gasteiger partial charge in [0.05, 0.1) is 18.1 Å². The molecule has 2 heterocycles. The van der Waals surface area contributed by atoms with Crippen LogP contribution in [-0.4, -0.2) is 55.8 Å². The van der Waals surface area contributed by atoms with E-state index in [1.165, 1.54) is 6.07 Å². The van der Waals surface area contributed by atoms with E-state index in [0.717, 1.165) is 0 Å². The van der Waals surface area contributed by atoms with Gasteiger partial charge in [0, 0.05) is 27.2 Å². The minimum absolute atomic E-state index is 0.215. The van der Waals surface area contributed by atoms with E-state index in [-0.39, 0.29) is 17.7 Å². The molecule has 1 aromatic heterocycles. The van der Waals surface area contributed by atoms with Crippen LogP contribution in [0.3, 0.4) is 0 Å². The summed E-state index contributed by atoms with van der Waals surface area (Å²) in [5, 5.41) is 18.3. The molecule has 0 amide bonds. The van der Waals surface area contributed by atoms with Crippen LogP contribution in [0.25, 0.3) is 0 Å². The van der Waals surface area contributed by atoms with E-state index in [4.69, 9.17) is 9.84 Å². The smallest absolute Gasteiger partial charge is 0.341 e. The van der Waals surface area contributed by atoms with E-state index < -0.39 is 17.9 Å². The number of pyridine rings is 1. The Balaban J connectivity index is 2.41. The van der Waals surface area contributed by atoms with Crippen LogP contribution in [0.1, 0.15) is 22.8 Å². The lowest BCUT2D eigenvalue weighted by molar-refractivity contribution is -0.142. The zero-order valence-electron chi connectivity index (χ0n) is 13.2. The highest BCUT2D eigenvalue weighted by Crippen LogP contribution is 2.30. The Bertz CT molecular complexity index is 675. The Hall–Kier alpha value is -2.82. The summed E-state index contributed by atoms with van der Waals surface area (Å²) in [5.74, 6) is -1.09. The number of hydrogen-bond acceptors (Lipinski definition) is 7. The van der Waals surface area contributed by atoms with Crippen molar-refractivity contribution in [2.75, 3.05) is 43.6 Å². The lowest BCUT2D eigenvalue weighted by Crippen LogP contribution is -2.51. The monoisotopic (exact) mass is 318 g/mol. The zero-order valence-corrected chi connectivity index (χ0v) is 13.2. The second-order valence-corrected chi connectivity index (χ2v) is 5.40. The van der Waals surface area contributed by atoms with Crippen molar-refractivity contribution in [1.82, 2.24) is 4.98 Å². The molecule has 0 unspecified atom stereocenters. The highest BCUT2D eigenvalue weighted by molar-refractivity contribution is 5.96. The first-order valence-electron chi connectivity index (χ1n) is 7.16. The number of carbonyl (C=O) groups excluding carboxylic acids is 1. The van der Waals surface area contributed by atoms with Crippen molar-refractivity contribution in [2.45, 2.75) is 6.92 Å². The molecule has 0 saturated carbocycles. The normalized spacial score (nSPS) is 13.9. The van der Waals surface area contributed by atoms with Crippen LogP contribution in [0.15, 0.2) is 6.07 Å². The van der Waals surface area contributed by atoms with Crippen LogP contribution in [0, 0.1) is 17.2 Å². The van der Waals surface area contributed by atoms with Gasteiger partial charge in [-0.2, -0.15) is 5.26 Å². The minimum atomic E-state index is -0.865. The average Bonchev–Trinajstić information content (AvgIpc) is 2.44. The lowest BCUT2D eigenvalue weighted by Gasteiger charge is -2.38. The summed E-state index contributed by atoms with van der Waals surface area (Å²) in [7, 11) is 3.47. The third-order valence-corrected chi connectivity index (χ3v) is 3.55. The molecule has 23 heavy (non-hydrogen) atoms. The number of nitrogens with zero attached hydrogens (tertiary/aromatic N) is 4. The fourth-order valence-corrected chi connectivity index (χ4v) is 2.33. The fraction of sp³-hybridized carbons (Fsp3) is 0.467. The molecule has 1 aromatic rings. The molecule has 0 aromatic carbocycles. The molecule has 8 nitrogen and oxygen atoms in total. The Kier molecular flexibility index (Phi) is 4.69. The number of carboxylic acids is 1. The van der Waals surface area contributed by atoms with Crippen molar-refractivity contribution in [3.05, 3.63) is 17.2 Å². The van der Waals surface area contributed by atoms with Gasteiger partial charge in [-0.1, -0.05) is 0 Å². The van der Waals surface area contributed by atoms with Crippen LogP contribution < -0.4 is 9.80 Å². The molecule has 1 N–H and O–H groups in total. The van der Waals surface area contributed by atoms with E-state index in [9.17, 15) is 14.9 Å². The standard InChI is InChI=1S/C15H18N4O4/c1-4-23-15(22)11-5-9(6-16)12(17-13(11)18(2)3)19-7-10(8-19)14(20)21/h5,10H,4,7-8H2,1-3H3,(H,20,21). The van der Waals surface area contributed by atoms with E-state index in [2.05, 4.69) is 4.98 Å². The molecule has 2 rings (SSSR count). The number of anilines is 2. The number of nitriles is 1. The Morgan fingerprint density at radius 2 is 2.17 bits per heavy atom. The largest absolute Gasteiger partial charge is 0.481 e. The van der Waals surface area contributed by atoms with E-state index in [1.54, 1.807) is 30.8 Å². The van der Waals surface area contributed by atoms with Gasteiger partial charge in [0.1, 0.15) is 23.3 Å². The predicted octanol–water partition coefficient (Wildman–Crippen LogP) is 0.717. The topological polar surface area (TPSA) is 107 Å². The minimum Gasteiger partial charge on any atom is -0.481 e. The number of esters is 1. The van der Waals surface area contributed by atoms with Gasteiger partial charge in [-0.05, 0) is 13.0 Å². The summed E-state index contributed by atoms with van der Waals surface area (Å²) in [6.07, 6.45) is 0. The number of aliphatic carboxylic acids is 1. The maximum absolute atomic E-state index is 12.1. The number of carboxylic acid groups (broad SMARTS) is 1. The summed E-state index contributed by atoms with van der Waals surface area (Å²) < 4.78 is 5.00. The molecule has 1 fully saturated rings. The van der Waals surface area contributed by atoms with Crippen LogP contribution >= 0.6 is 0 Å². The van der Waals surface area contributed by atoms with Gasteiger partial charge in [-0.15, -0.1) is 0 Å². The number of ether oxygens (including phenoxy) is 1. The van der Waals surface area contributed by atoms with Crippen molar-refractivity contribution < 1.29 is 19.4 Å². The summed E-state index contributed by atoms with van der Waals surface area (Å²) >= 11 is 0. The summed E-state index contributed by atoms with van der Waals surface area (Å²) in [6, 6.07) is 3.46. The zero-order chi connectivity index (χ0) is 17.1. The summed E-state index contributed by atoms with van der Waals surface area (Å²) in [5.41, 5.74) is 0.440. The van der Waals surface area contributed by atoms with E-state index in [1.807, 2.05) is 6.07 Å². The van der Waals surface area contributed by atoms with Gasteiger partial charge in [0.15, 0.2) is 0 Å². The SMILES string of the molecule is CCOC(=O)c1cc(C#N)c(N2CC(C(=O)O)C2)nc1N(C)C. The molecular formula is C15H18N4O4. The quantitative estimate of drug-likeness (QED) is 0.791. The number of hydrogen-bond donors (Lipinski definition) is 1. The maximum atomic E-state index is 12.1. The van der Waals surface area contributed by atoms with Crippen molar-refractivity contribution in [3.63, 3.8) is 0 Å². The van der Waals surface area contributed by atoms with Gasteiger partial charge in [0.2, 0.25) is 0 Å². The third-order valence-electron chi connectivity index (χ3n) is 3.55. The molecule has 122 valence electrons. The molecule has 8 heteroatoms. The number of carbonyl (C=O) groups is 2. The second-order valence-electron chi connectivity index (χ2n) is 5.40. The summed E-state index contributed by atoms with van der Waals surface area (Å²) in [4.78, 5) is 30.8. The molecule has 0 bridgehead atoms. The molecule has 1 aliphatic rings. The molecule has 0 atom stereocenters. The van der Waals surface area contributed by atoms with Crippen LogP contribution in [0.4, 0.5) is 11.6 Å². The Morgan fingerprint density at radius 1 is 1.52 bits per heavy atom. The first-order chi connectivity index (χ1) is 10.9. The van der Waals surface area contributed by atoms with Gasteiger partial charge in [0.25, 0.3) is 0 Å². The predicted molar refractivity (Wildman–Crippen MR) is 82.6 cm³/mol. The van der Waals surface area contributed by atoms with Crippen molar-refractivity contribution in [3.8, 4) is 6.07 Å². The van der Waals surface area contributed by atoms with Gasteiger partial charge >= 0.3 is 11.9 Å². The van der Waals surface area contributed by atoms with Crippen molar-refractivity contribution in [1.29, 1.82) is 5.26 Å². The molecule has 0 aliphatic carbocycles. The number of rotatable bonds is 5. The Morgan fingerprint density at radius 3 is 2.65 bits per heavy atom. The first kappa shape index (κ1) is 16.5. The highest BCUT2D eigenvalue weighted by Gasteiger charge is 2.35. The van der Waals surface area contributed by atoms with E-state index in [0.29, 0.717) is 24.7 Å². The van der Waals surface area contributed by atoms with Gasteiger partial charge in [-0.3, -0.25) is 4.79 Å². The molecular weight excluding hydrogens is 300 g/mol. The van der Waals surface area contributed by atoms with Gasteiger partial charge in [-0.25, -0.2) is 9.78 Å². The van der Waals surface area contributed by atoms with Crippen LogP contribution in [0.2, 0.25) is 0 Å². The first-order valence-corrected chi connectivity index (χ1v) is 7.16. The Labute approximate surface area is 133 Å².